The lowest BCUT2D eigenvalue weighted by Crippen LogP contribution is -2.20. The quantitative estimate of drug-likeness (QED) is 0.889. The Bertz CT molecular complexity index is 596. The number of carboxylic acid groups (broad SMARTS) is 1. The number of nitrogens with zero attached hydrogens (tertiary/aromatic N) is 2. The highest BCUT2D eigenvalue weighted by Crippen LogP contribution is 2.28. The maximum atomic E-state index is 11.2. The second-order valence-corrected chi connectivity index (χ2v) is 4.48. The molecule has 0 fully saturated rings. The zero-order chi connectivity index (χ0) is 13.8. The van der Waals surface area contributed by atoms with E-state index in [-0.39, 0.29) is 5.56 Å². The van der Waals surface area contributed by atoms with Crippen LogP contribution in [0.15, 0.2) is 30.5 Å². The van der Waals surface area contributed by atoms with Crippen molar-refractivity contribution < 1.29 is 14.6 Å². The number of fused-ring (bicyclic) bond motifs is 1. The molecule has 1 aromatic heterocycles. The average Bonchev–Trinajstić information content (AvgIpc) is 2.38. The van der Waals surface area contributed by atoms with Crippen LogP contribution in [0.25, 0.3) is 10.9 Å². The summed E-state index contributed by atoms with van der Waals surface area (Å²) in [6.45, 7) is 1.15. The Kier molecular flexibility index (Phi) is 3.97. The zero-order valence-corrected chi connectivity index (χ0v) is 11.0. The summed E-state index contributed by atoms with van der Waals surface area (Å²) in [5.41, 5.74) is 0.824. The minimum atomic E-state index is -1.03. The Morgan fingerprint density at radius 1 is 1.37 bits per heavy atom. The van der Waals surface area contributed by atoms with Gasteiger partial charge in [0.25, 0.3) is 0 Å². The highest BCUT2D eigenvalue weighted by molar-refractivity contribution is 5.98. The van der Waals surface area contributed by atoms with Gasteiger partial charge in [-0.1, -0.05) is 12.1 Å². The molecule has 5 heteroatoms. The van der Waals surface area contributed by atoms with E-state index in [1.165, 1.54) is 6.20 Å². The van der Waals surface area contributed by atoms with Crippen LogP contribution in [0.4, 0.5) is 0 Å². The third kappa shape index (κ3) is 3.00. The van der Waals surface area contributed by atoms with Crippen molar-refractivity contribution in [3.8, 4) is 5.75 Å². The summed E-state index contributed by atoms with van der Waals surface area (Å²) in [6, 6.07) is 7.35. The van der Waals surface area contributed by atoms with Gasteiger partial charge >= 0.3 is 5.97 Å². The fourth-order valence-corrected chi connectivity index (χ4v) is 1.75. The van der Waals surface area contributed by atoms with E-state index in [4.69, 9.17) is 4.74 Å². The molecule has 19 heavy (non-hydrogen) atoms. The van der Waals surface area contributed by atoms with Crippen molar-refractivity contribution in [2.24, 2.45) is 0 Å². The number of aromatic nitrogens is 1. The number of aromatic carboxylic acids is 1. The van der Waals surface area contributed by atoms with Gasteiger partial charge in [-0.2, -0.15) is 0 Å². The first-order valence-corrected chi connectivity index (χ1v) is 5.98. The maximum Gasteiger partial charge on any atom is 0.341 e. The van der Waals surface area contributed by atoms with Crippen molar-refractivity contribution in [1.29, 1.82) is 0 Å². The molecular weight excluding hydrogens is 244 g/mol. The molecule has 2 rings (SSSR count). The van der Waals surface area contributed by atoms with Crippen LogP contribution in [0.1, 0.15) is 10.4 Å². The van der Waals surface area contributed by atoms with Crippen molar-refractivity contribution >= 4 is 16.9 Å². The van der Waals surface area contributed by atoms with Gasteiger partial charge in [0.2, 0.25) is 0 Å². The monoisotopic (exact) mass is 260 g/mol. The van der Waals surface area contributed by atoms with E-state index in [0.717, 1.165) is 17.4 Å². The van der Waals surface area contributed by atoms with E-state index >= 15 is 0 Å². The summed E-state index contributed by atoms with van der Waals surface area (Å²) in [6.07, 6.45) is 1.34. The normalized spacial score (nSPS) is 10.9. The van der Waals surface area contributed by atoms with Gasteiger partial charge in [-0.05, 0) is 26.2 Å². The van der Waals surface area contributed by atoms with E-state index in [1.54, 1.807) is 0 Å². The number of para-hydroxylation sites is 1. The summed E-state index contributed by atoms with van der Waals surface area (Å²) in [4.78, 5) is 17.3. The Hall–Kier alpha value is -2.14. The van der Waals surface area contributed by atoms with E-state index in [9.17, 15) is 9.90 Å². The predicted molar refractivity (Wildman–Crippen MR) is 72.8 cm³/mol. The molecule has 1 aromatic carbocycles. The topological polar surface area (TPSA) is 62.7 Å². The lowest BCUT2D eigenvalue weighted by Gasteiger charge is -2.14. The number of likely N-dealkylation sites (N-methyl/N-ethyl adjacent to an activating group) is 1. The first kappa shape index (κ1) is 13.3. The van der Waals surface area contributed by atoms with E-state index < -0.39 is 5.97 Å². The van der Waals surface area contributed by atoms with Gasteiger partial charge in [0.05, 0.1) is 5.52 Å². The summed E-state index contributed by atoms with van der Waals surface area (Å²) < 4.78 is 5.66. The molecule has 0 aliphatic rings. The van der Waals surface area contributed by atoms with Gasteiger partial charge in [0.15, 0.2) is 0 Å². The third-order valence-corrected chi connectivity index (χ3v) is 2.74. The summed E-state index contributed by atoms with van der Waals surface area (Å²) in [5.74, 6) is -0.641. The molecule has 0 bridgehead atoms. The lowest BCUT2D eigenvalue weighted by atomic mass is 10.1. The maximum absolute atomic E-state index is 11.2. The fourth-order valence-electron chi connectivity index (χ4n) is 1.75. The van der Waals surface area contributed by atoms with E-state index in [0.29, 0.717) is 12.4 Å². The van der Waals surface area contributed by atoms with Crippen molar-refractivity contribution in [3.63, 3.8) is 0 Å². The van der Waals surface area contributed by atoms with Gasteiger partial charge < -0.3 is 14.7 Å². The smallest absolute Gasteiger partial charge is 0.341 e. The summed E-state index contributed by atoms with van der Waals surface area (Å²) >= 11 is 0. The van der Waals surface area contributed by atoms with E-state index in [1.807, 2.05) is 43.3 Å². The molecule has 0 amide bonds. The van der Waals surface area contributed by atoms with Crippen molar-refractivity contribution in [2.45, 2.75) is 0 Å². The zero-order valence-electron chi connectivity index (χ0n) is 11.0. The molecule has 5 nitrogen and oxygen atoms in total. The van der Waals surface area contributed by atoms with E-state index in [2.05, 4.69) is 4.98 Å². The highest BCUT2D eigenvalue weighted by atomic mass is 16.5. The number of pyridine rings is 1. The fraction of sp³-hybridized carbons (Fsp3) is 0.286. The van der Waals surface area contributed by atoms with Crippen LogP contribution < -0.4 is 4.74 Å². The number of benzene rings is 1. The minimum Gasteiger partial charge on any atom is -0.491 e. The molecule has 100 valence electrons. The van der Waals surface area contributed by atoms with Crippen LogP contribution in [-0.4, -0.2) is 48.2 Å². The minimum absolute atomic E-state index is 0.0949. The standard InChI is InChI=1S/C14H16N2O3/c1-16(2)7-8-19-13-10-5-3-4-6-12(10)15-9-11(13)14(17)18/h3-6,9H,7-8H2,1-2H3,(H,17,18). The van der Waals surface area contributed by atoms with Crippen LogP contribution in [-0.2, 0) is 0 Å². The van der Waals surface area contributed by atoms with Crippen LogP contribution >= 0.6 is 0 Å². The first-order chi connectivity index (χ1) is 9.09. The second kappa shape index (κ2) is 5.67. The van der Waals surface area contributed by atoms with Gasteiger partial charge in [-0.25, -0.2) is 4.79 Å². The molecular formula is C14H16N2O3. The molecule has 1 N–H and O–H groups in total. The Balaban J connectivity index is 2.41. The number of carbonyl (C=O) groups is 1. The molecule has 1 heterocycles. The largest absolute Gasteiger partial charge is 0.491 e. The second-order valence-electron chi connectivity index (χ2n) is 4.48. The number of carboxylic acids is 1. The van der Waals surface area contributed by atoms with Crippen molar-refractivity contribution in [1.82, 2.24) is 9.88 Å². The molecule has 0 saturated heterocycles. The Labute approximate surface area is 111 Å². The molecule has 2 aromatic rings. The number of rotatable bonds is 5. The van der Waals surface area contributed by atoms with Crippen LogP contribution in [0.2, 0.25) is 0 Å². The number of ether oxygens (including phenoxy) is 1. The molecule has 0 aliphatic heterocycles. The van der Waals surface area contributed by atoms with Crippen LogP contribution in [0.3, 0.4) is 0 Å². The average molecular weight is 260 g/mol. The third-order valence-electron chi connectivity index (χ3n) is 2.74. The van der Waals surface area contributed by atoms with Crippen LogP contribution in [0.5, 0.6) is 5.75 Å². The summed E-state index contributed by atoms with van der Waals surface area (Å²) in [7, 11) is 3.87. The molecule has 0 spiro atoms. The molecule has 0 saturated carbocycles. The molecule has 0 unspecified atom stereocenters. The van der Waals surface area contributed by atoms with Gasteiger partial charge in [0, 0.05) is 18.1 Å². The van der Waals surface area contributed by atoms with Gasteiger partial charge in [0.1, 0.15) is 17.9 Å². The lowest BCUT2D eigenvalue weighted by molar-refractivity contribution is 0.0692. The van der Waals surface area contributed by atoms with Gasteiger partial charge in [-0.15, -0.1) is 0 Å². The summed E-state index contributed by atoms with van der Waals surface area (Å²) in [5, 5.41) is 9.93. The van der Waals surface area contributed by atoms with Crippen molar-refractivity contribution in [3.05, 3.63) is 36.0 Å². The Morgan fingerprint density at radius 2 is 2.11 bits per heavy atom. The Morgan fingerprint density at radius 3 is 2.79 bits per heavy atom. The van der Waals surface area contributed by atoms with Gasteiger partial charge in [-0.3, -0.25) is 4.98 Å². The van der Waals surface area contributed by atoms with Crippen LogP contribution in [0, 0.1) is 0 Å². The van der Waals surface area contributed by atoms with Crippen molar-refractivity contribution in [2.75, 3.05) is 27.2 Å². The SMILES string of the molecule is CN(C)CCOc1c(C(=O)O)cnc2ccccc12. The molecule has 0 aliphatic carbocycles. The highest BCUT2D eigenvalue weighted by Gasteiger charge is 2.15. The first-order valence-electron chi connectivity index (χ1n) is 5.98. The predicted octanol–water partition coefficient (Wildman–Crippen LogP) is 1.87. The number of hydrogen-bond acceptors (Lipinski definition) is 4. The molecule has 0 radical (unpaired) electrons. The number of hydrogen-bond donors (Lipinski definition) is 1. The molecule has 0 atom stereocenters.